The summed E-state index contributed by atoms with van der Waals surface area (Å²) in [7, 11) is 0. The molecule has 0 saturated carbocycles. The Hall–Kier alpha value is -2.57. The van der Waals surface area contributed by atoms with E-state index in [1.54, 1.807) is 12.1 Å². The predicted molar refractivity (Wildman–Crippen MR) is 65.4 cm³/mol. The van der Waals surface area contributed by atoms with Crippen LogP contribution >= 0.6 is 0 Å². The summed E-state index contributed by atoms with van der Waals surface area (Å²) < 4.78 is 5.25. The molecule has 7 nitrogen and oxygen atoms in total. The molecule has 0 spiro atoms. The number of phenols is 1. The van der Waals surface area contributed by atoms with Crippen molar-refractivity contribution in [2.75, 3.05) is 6.61 Å². The van der Waals surface area contributed by atoms with Crippen molar-refractivity contribution in [2.24, 2.45) is 0 Å². The molecule has 2 amide bonds. The fourth-order valence-corrected chi connectivity index (χ4v) is 1.60. The summed E-state index contributed by atoms with van der Waals surface area (Å²) >= 11 is 0. The van der Waals surface area contributed by atoms with E-state index < -0.39 is 17.8 Å². The summed E-state index contributed by atoms with van der Waals surface area (Å²) in [6.07, 6.45) is 0.0319. The van der Waals surface area contributed by atoms with Gasteiger partial charge in [-0.3, -0.25) is 9.59 Å². The van der Waals surface area contributed by atoms with E-state index in [0.717, 1.165) is 0 Å². The monoisotopic (exact) mass is 279 g/mol. The van der Waals surface area contributed by atoms with Crippen molar-refractivity contribution in [2.45, 2.75) is 19.3 Å². The van der Waals surface area contributed by atoms with E-state index in [4.69, 9.17) is 9.84 Å². The van der Waals surface area contributed by atoms with Crippen LogP contribution in [0.25, 0.3) is 0 Å². The lowest BCUT2D eigenvalue weighted by atomic mass is 10.3. The molecule has 0 aromatic heterocycles. The quantitative estimate of drug-likeness (QED) is 0.800. The lowest BCUT2D eigenvalue weighted by Crippen LogP contribution is -2.32. The molecule has 1 saturated heterocycles. The number of hydrogen-bond acceptors (Lipinski definition) is 6. The van der Waals surface area contributed by atoms with E-state index in [9.17, 15) is 14.4 Å². The van der Waals surface area contributed by atoms with Crippen molar-refractivity contribution in [3.05, 3.63) is 24.3 Å². The zero-order valence-electron chi connectivity index (χ0n) is 10.6. The van der Waals surface area contributed by atoms with Crippen molar-refractivity contribution in [1.29, 1.82) is 0 Å². The molecule has 1 aromatic carbocycles. The van der Waals surface area contributed by atoms with E-state index in [1.165, 1.54) is 12.1 Å². The second-order valence-electron chi connectivity index (χ2n) is 4.14. The van der Waals surface area contributed by atoms with Crippen LogP contribution in [0.2, 0.25) is 0 Å². The maximum atomic E-state index is 11.4. The average Bonchev–Trinajstić information content (AvgIpc) is 2.73. The Balaban J connectivity index is 1.74. The molecule has 20 heavy (non-hydrogen) atoms. The molecule has 1 fully saturated rings. The molecular formula is C13H13NO6. The molecule has 1 N–H and O–H groups in total. The molecule has 1 aliphatic heterocycles. The maximum Gasteiger partial charge on any atom is 0.336 e. The highest BCUT2D eigenvalue weighted by atomic mass is 16.7. The second-order valence-corrected chi connectivity index (χ2v) is 4.14. The Kier molecular flexibility index (Phi) is 4.19. The van der Waals surface area contributed by atoms with Gasteiger partial charge in [0.25, 0.3) is 11.8 Å². The fourth-order valence-electron chi connectivity index (χ4n) is 1.60. The van der Waals surface area contributed by atoms with Gasteiger partial charge in [-0.2, -0.15) is 0 Å². The van der Waals surface area contributed by atoms with Gasteiger partial charge in [0, 0.05) is 12.8 Å². The number of carbonyl (C=O) groups excluding carboxylic acids is 3. The predicted octanol–water partition coefficient (Wildman–Crippen LogP) is 0.768. The maximum absolute atomic E-state index is 11.4. The Morgan fingerprint density at radius 1 is 1.15 bits per heavy atom. The Morgan fingerprint density at radius 2 is 1.75 bits per heavy atom. The van der Waals surface area contributed by atoms with Crippen LogP contribution in [-0.4, -0.2) is 34.6 Å². The molecule has 1 heterocycles. The van der Waals surface area contributed by atoms with Gasteiger partial charge in [-0.05, 0) is 24.3 Å². The lowest BCUT2D eigenvalue weighted by Gasteiger charge is -2.12. The minimum Gasteiger partial charge on any atom is -0.508 e. The standard InChI is InChI=1S/C13H13NO6/c15-9-1-3-10(4-2-9)19-8-7-13(18)20-14-11(16)5-6-12(14)17/h1-4,15H,5-8H2. The van der Waals surface area contributed by atoms with Crippen LogP contribution < -0.4 is 4.74 Å². The number of benzene rings is 1. The molecule has 0 atom stereocenters. The van der Waals surface area contributed by atoms with E-state index in [0.29, 0.717) is 10.8 Å². The highest BCUT2D eigenvalue weighted by Gasteiger charge is 2.32. The lowest BCUT2D eigenvalue weighted by molar-refractivity contribution is -0.197. The number of nitrogens with zero attached hydrogens (tertiary/aromatic N) is 1. The summed E-state index contributed by atoms with van der Waals surface area (Å²) in [4.78, 5) is 38.6. The summed E-state index contributed by atoms with van der Waals surface area (Å²) in [5, 5.41) is 9.58. The Morgan fingerprint density at radius 3 is 2.35 bits per heavy atom. The highest BCUT2D eigenvalue weighted by Crippen LogP contribution is 2.16. The van der Waals surface area contributed by atoms with Gasteiger partial charge in [0.15, 0.2) is 0 Å². The van der Waals surface area contributed by atoms with Crippen LogP contribution in [0.1, 0.15) is 19.3 Å². The molecule has 2 rings (SSSR count). The van der Waals surface area contributed by atoms with Crippen LogP contribution in [0.15, 0.2) is 24.3 Å². The van der Waals surface area contributed by atoms with Crippen LogP contribution in [0.3, 0.4) is 0 Å². The zero-order chi connectivity index (χ0) is 14.5. The van der Waals surface area contributed by atoms with Gasteiger partial charge in [-0.15, -0.1) is 5.06 Å². The second kappa shape index (κ2) is 6.05. The summed E-state index contributed by atoms with van der Waals surface area (Å²) in [5.74, 6) is -1.13. The molecule has 7 heteroatoms. The van der Waals surface area contributed by atoms with Crippen molar-refractivity contribution in [1.82, 2.24) is 5.06 Å². The van der Waals surface area contributed by atoms with Crippen LogP contribution in [0, 0.1) is 0 Å². The summed E-state index contributed by atoms with van der Waals surface area (Å²) in [5.41, 5.74) is 0. The van der Waals surface area contributed by atoms with E-state index in [2.05, 4.69) is 4.84 Å². The smallest absolute Gasteiger partial charge is 0.336 e. The van der Waals surface area contributed by atoms with Crippen LogP contribution in [0.5, 0.6) is 11.5 Å². The van der Waals surface area contributed by atoms with Gasteiger partial charge in [-0.1, -0.05) is 0 Å². The molecule has 0 bridgehead atoms. The van der Waals surface area contributed by atoms with Gasteiger partial charge >= 0.3 is 5.97 Å². The van der Waals surface area contributed by atoms with Crippen molar-refractivity contribution in [3.63, 3.8) is 0 Å². The third-order valence-electron chi connectivity index (χ3n) is 2.61. The van der Waals surface area contributed by atoms with Gasteiger partial charge in [0.05, 0.1) is 13.0 Å². The number of carbonyl (C=O) groups is 3. The minimum absolute atomic E-state index is 0.0415. The largest absolute Gasteiger partial charge is 0.508 e. The van der Waals surface area contributed by atoms with Gasteiger partial charge in [0.1, 0.15) is 11.5 Å². The van der Waals surface area contributed by atoms with Gasteiger partial charge < -0.3 is 14.7 Å². The molecule has 0 radical (unpaired) electrons. The fraction of sp³-hybridized carbons (Fsp3) is 0.308. The third kappa shape index (κ3) is 3.47. The first-order valence-corrected chi connectivity index (χ1v) is 6.04. The molecule has 1 aromatic rings. The molecule has 106 valence electrons. The van der Waals surface area contributed by atoms with Crippen molar-refractivity contribution >= 4 is 17.8 Å². The number of rotatable bonds is 5. The highest BCUT2D eigenvalue weighted by molar-refractivity contribution is 6.01. The molecule has 1 aliphatic rings. The first-order chi connectivity index (χ1) is 9.56. The van der Waals surface area contributed by atoms with Crippen molar-refractivity contribution in [3.8, 4) is 11.5 Å². The van der Waals surface area contributed by atoms with Crippen LogP contribution in [0.4, 0.5) is 0 Å². The first-order valence-electron chi connectivity index (χ1n) is 6.04. The number of hydroxylamine groups is 2. The minimum atomic E-state index is -0.715. The number of hydrogen-bond donors (Lipinski definition) is 1. The Labute approximate surface area is 114 Å². The van der Waals surface area contributed by atoms with Crippen molar-refractivity contribution < 1.29 is 29.1 Å². The van der Waals surface area contributed by atoms with Gasteiger partial charge in [0.2, 0.25) is 0 Å². The molecule has 0 unspecified atom stereocenters. The number of ether oxygens (including phenoxy) is 1. The first kappa shape index (κ1) is 13.9. The third-order valence-corrected chi connectivity index (χ3v) is 2.61. The molecule has 0 aliphatic carbocycles. The van der Waals surface area contributed by atoms with Crippen LogP contribution in [-0.2, 0) is 19.2 Å². The Bertz CT molecular complexity index is 508. The zero-order valence-corrected chi connectivity index (χ0v) is 10.6. The normalized spacial score (nSPS) is 14.5. The van der Waals surface area contributed by atoms with E-state index in [-0.39, 0.29) is 31.6 Å². The van der Waals surface area contributed by atoms with Gasteiger partial charge in [-0.25, -0.2) is 4.79 Å². The number of amides is 2. The SMILES string of the molecule is O=C(CCOc1ccc(O)cc1)ON1C(=O)CCC1=O. The van der Waals surface area contributed by atoms with E-state index in [1.807, 2.05) is 0 Å². The summed E-state index contributed by atoms with van der Waals surface area (Å²) in [6.45, 7) is 0.0415. The average molecular weight is 279 g/mol. The summed E-state index contributed by atoms with van der Waals surface area (Å²) in [6, 6.07) is 6.01. The number of aromatic hydroxyl groups is 1. The topological polar surface area (TPSA) is 93.1 Å². The molecular weight excluding hydrogens is 266 g/mol. The number of imide groups is 1. The van der Waals surface area contributed by atoms with E-state index >= 15 is 0 Å². The number of phenolic OH excluding ortho intramolecular Hbond substituents is 1.